The molecule has 0 radical (unpaired) electrons. The highest BCUT2D eigenvalue weighted by atomic mass is 15.3. The topological polar surface area (TPSA) is 43.2 Å². The molecule has 21 heavy (non-hydrogen) atoms. The van der Waals surface area contributed by atoms with Crippen molar-refractivity contribution in [3.63, 3.8) is 0 Å². The van der Waals surface area contributed by atoms with E-state index in [1.165, 1.54) is 5.56 Å². The lowest BCUT2D eigenvalue weighted by molar-refractivity contribution is 0.220. The molecule has 0 N–H and O–H groups in total. The number of nitrogens with zero attached hydrogens (tertiary/aromatic N) is 4. The van der Waals surface area contributed by atoms with E-state index in [2.05, 4.69) is 52.2 Å². The molecule has 4 heteroatoms. The Kier molecular flexibility index (Phi) is 3.85. The lowest BCUT2D eigenvalue weighted by Gasteiger charge is -2.40. The number of pyridine rings is 1. The van der Waals surface area contributed by atoms with Gasteiger partial charge in [-0.15, -0.1) is 0 Å². The quantitative estimate of drug-likeness (QED) is 0.846. The normalized spacial score (nSPS) is 19.2. The summed E-state index contributed by atoms with van der Waals surface area (Å²) < 4.78 is 0. The van der Waals surface area contributed by atoms with Crippen LogP contribution in [-0.4, -0.2) is 36.6 Å². The van der Waals surface area contributed by atoms with Crippen molar-refractivity contribution in [2.75, 3.05) is 31.6 Å². The second-order valence-electron chi connectivity index (χ2n) is 5.34. The van der Waals surface area contributed by atoms with Crippen LogP contribution in [0.15, 0.2) is 48.7 Å². The van der Waals surface area contributed by atoms with Crippen molar-refractivity contribution < 1.29 is 0 Å². The molecule has 1 aliphatic heterocycles. The molecule has 0 bridgehead atoms. The van der Waals surface area contributed by atoms with Crippen molar-refractivity contribution in [1.29, 1.82) is 5.26 Å². The lowest BCUT2D eigenvalue weighted by atomic mass is 10.0. The summed E-state index contributed by atoms with van der Waals surface area (Å²) in [5.41, 5.74) is 1.95. The fourth-order valence-corrected chi connectivity index (χ4v) is 2.84. The molecular weight excluding hydrogens is 260 g/mol. The van der Waals surface area contributed by atoms with Gasteiger partial charge in [0.05, 0.1) is 11.6 Å². The van der Waals surface area contributed by atoms with Gasteiger partial charge in [0.15, 0.2) is 0 Å². The standard InChI is InChI=1S/C17H18N4/c1-20-10-11-21(17-15(12-18)8-5-9-19-17)13-16(20)14-6-3-2-4-7-14/h2-9,16H,10-11,13H2,1H3. The Morgan fingerprint density at radius 3 is 2.71 bits per heavy atom. The lowest BCUT2D eigenvalue weighted by Crippen LogP contribution is -2.47. The highest BCUT2D eigenvalue weighted by Crippen LogP contribution is 2.27. The number of nitriles is 1. The van der Waals surface area contributed by atoms with Crippen LogP contribution in [0.3, 0.4) is 0 Å². The molecule has 4 nitrogen and oxygen atoms in total. The average molecular weight is 278 g/mol. The minimum Gasteiger partial charge on any atom is -0.352 e. The fraction of sp³-hybridized carbons (Fsp3) is 0.294. The Morgan fingerprint density at radius 1 is 1.14 bits per heavy atom. The van der Waals surface area contributed by atoms with Gasteiger partial charge in [-0.05, 0) is 24.7 Å². The van der Waals surface area contributed by atoms with Crippen molar-refractivity contribution in [2.24, 2.45) is 0 Å². The monoisotopic (exact) mass is 278 g/mol. The predicted octanol–water partition coefficient (Wildman–Crippen LogP) is 2.45. The third-order valence-electron chi connectivity index (χ3n) is 4.04. The molecule has 0 spiro atoms. The molecule has 1 aromatic heterocycles. The van der Waals surface area contributed by atoms with Crippen LogP contribution in [0.2, 0.25) is 0 Å². The maximum atomic E-state index is 9.26. The van der Waals surface area contributed by atoms with Crippen molar-refractivity contribution in [3.05, 3.63) is 59.8 Å². The van der Waals surface area contributed by atoms with Crippen LogP contribution in [0.25, 0.3) is 0 Å². The van der Waals surface area contributed by atoms with Crippen LogP contribution < -0.4 is 4.90 Å². The van der Waals surface area contributed by atoms with Gasteiger partial charge < -0.3 is 4.90 Å². The first-order chi connectivity index (χ1) is 10.3. The van der Waals surface area contributed by atoms with Crippen LogP contribution in [0.1, 0.15) is 17.2 Å². The zero-order chi connectivity index (χ0) is 14.7. The van der Waals surface area contributed by atoms with Gasteiger partial charge in [0.1, 0.15) is 11.9 Å². The van der Waals surface area contributed by atoms with Crippen LogP contribution in [-0.2, 0) is 0 Å². The maximum Gasteiger partial charge on any atom is 0.146 e. The Bertz CT molecular complexity index is 647. The average Bonchev–Trinajstić information content (AvgIpc) is 2.56. The van der Waals surface area contributed by atoms with Gasteiger partial charge in [0.2, 0.25) is 0 Å². The summed E-state index contributed by atoms with van der Waals surface area (Å²) >= 11 is 0. The van der Waals surface area contributed by atoms with Crippen LogP contribution in [0, 0.1) is 11.3 Å². The molecule has 1 aliphatic rings. The molecule has 3 rings (SSSR count). The Balaban J connectivity index is 1.88. The Labute approximate surface area is 125 Å². The number of hydrogen-bond donors (Lipinski definition) is 0. The van der Waals surface area contributed by atoms with E-state index in [1.807, 2.05) is 18.2 Å². The molecule has 0 aliphatic carbocycles. The first-order valence-corrected chi connectivity index (χ1v) is 7.15. The molecule has 1 aromatic carbocycles. The van der Waals surface area contributed by atoms with Crippen molar-refractivity contribution >= 4 is 5.82 Å². The number of piperazine rings is 1. The smallest absolute Gasteiger partial charge is 0.146 e. The highest BCUT2D eigenvalue weighted by molar-refractivity contribution is 5.54. The summed E-state index contributed by atoms with van der Waals surface area (Å²) in [6.45, 7) is 2.71. The van der Waals surface area contributed by atoms with Gasteiger partial charge in [-0.1, -0.05) is 30.3 Å². The van der Waals surface area contributed by atoms with E-state index in [0.717, 1.165) is 25.5 Å². The molecule has 1 atom stereocenters. The first kappa shape index (κ1) is 13.6. The van der Waals surface area contributed by atoms with Crippen LogP contribution >= 0.6 is 0 Å². The van der Waals surface area contributed by atoms with Crippen LogP contribution in [0.4, 0.5) is 5.82 Å². The molecule has 2 aromatic rings. The minimum atomic E-state index is 0.327. The molecule has 106 valence electrons. The zero-order valence-electron chi connectivity index (χ0n) is 12.1. The minimum absolute atomic E-state index is 0.327. The van der Waals surface area contributed by atoms with Gasteiger partial charge in [-0.25, -0.2) is 4.98 Å². The van der Waals surface area contributed by atoms with E-state index in [4.69, 9.17) is 0 Å². The van der Waals surface area contributed by atoms with E-state index >= 15 is 0 Å². The summed E-state index contributed by atoms with van der Waals surface area (Å²) in [6.07, 6.45) is 1.76. The summed E-state index contributed by atoms with van der Waals surface area (Å²) in [4.78, 5) is 8.99. The third kappa shape index (κ3) is 2.74. The summed E-state index contributed by atoms with van der Waals surface area (Å²) in [5.74, 6) is 0.800. The van der Waals surface area contributed by atoms with Crippen LogP contribution in [0.5, 0.6) is 0 Å². The highest BCUT2D eigenvalue weighted by Gasteiger charge is 2.27. The van der Waals surface area contributed by atoms with Gasteiger partial charge in [-0.2, -0.15) is 5.26 Å². The second kappa shape index (κ2) is 5.94. The molecule has 2 heterocycles. The number of likely N-dealkylation sites (N-methyl/N-ethyl adjacent to an activating group) is 1. The van der Waals surface area contributed by atoms with Crippen molar-refractivity contribution in [3.8, 4) is 6.07 Å². The van der Waals surface area contributed by atoms with E-state index < -0.39 is 0 Å². The van der Waals surface area contributed by atoms with E-state index in [9.17, 15) is 5.26 Å². The Hall–Kier alpha value is -2.38. The molecule has 0 saturated carbocycles. The van der Waals surface area contributed by atoms with Gasteiger partial charge in [0.25, 0.3) is 0 Å². The number of rotatable bonds is 2. The largest absolute Gasteiger partial charge is 0.352 e. The first-order valence-electron chi connectivity index (χ1n) is 7.15. The second-order valence-corrected chi connectivity index (χ2v) is 5.34. The number of aromatic nitrogens is 1. The summed E-state index contributed by atoms with van der Waals surface area (Å²) in [6, 6.07) is 16.7. The molecule has 1 saturated heterocycles. The molecule has 1 unspecified atom stereocenters. The van der Waals surface area contributed by atoms with Crippen molar-refractivity contribution in [1.82, 2.24) is 9.88 Å². The Morgan fingerprint density at radius 2 is 1.95 bits per heavy atom. The van der Waals surface area contributed by atoms with E-state index in [0.29, 0.717) is 11.6 Å². The summed E-state index contributed by atoms with van der Waals surface area (Å²) in [7, 11) is 2.15. The number of hydrogen-bond acceptors (Lipinski definition) is 4. The number of benzene rings is 1. The fourth-order valence-electron chi connectivity index (χ4n) is 2.84. The predicted molar refractivity (Wildman–Crippen MR) is 83.0 cm³/mol. The molecular formula is C17H18N4. The van der Waals surface area contributed by atoms with E-state index in [1.54, 1.807) is 6.20 Å². The molecule has 1 fully saturated rings. The van der Waals surface area contributed by atoms with Gasteiger partial charge in [-0.3, -0.25) is 4.90 Å². The van der Waals surface area contributed by atoms with Gasteiger partial charge in [0, 0.05) is 25.8 Å². The SMILES string of the molecule is CN1CCN(c2ncccc2C#N)CC1c1ccccc1. The van der Waals surface area contributed by atoms with E-state index in [-0.39, 0.29) is 0 Å². The van der Waals surface area contributed by atoms with Gasteiger partial charge >= 0.3 is 0 Å². The maximum absolute atomic E-state index is 9.26. The summed E-state index contributed by atoms with van der Waals surface area (Å²) in [5, 5.41) is 9.26. The zero-order valence-corrected chi connectivity index (χ0v) is 12.1. The third-order valence-corrected chi connectivity index (χ3v) is 4.04. The molecule has 0 amide bonds. The van der Waals surface area contributed by atoms with Crippen molar-refractivity contribution in [2.45, 2.75) is 6.04 Å². The number of anilines is 1.